The average molecular weight is 357 g/mol. The van der Waals surface area contributed by atoms with Crippen LogP contribution in [0.5, 0.6) is 11.5 Å². The molecule has 0 heterocycles. The largest absolute Gasteiger partial charge is 0.493 e. The first kappa shape index (κ1) is 18.9. The zero-order valence-corrected chi connectivity index (χ0v) is 14.6. The molecule has 26 heavy (non-hydrogen) atoms. The minimum atomic E-state index is -0.562. The standard InChI is InChI=1S/C18H19N3O5/c1-12(2)26-16-8-7-13(9-17(16)25-3)11-19-20-18(22)14-5-4-6-15(10-14)21(23)24/h4-12H,1-3H3,(H,20,22)/b19-11+. The number of rotatable bonds is 7. The third kappa shape index (κ3) is 5.04. The fraction of sp³-hybridized carbons (Fsp3) is 0.222. The number of hydrazone groups is 1. The Balaban J connectivity index is 2.07. The number of methoxy groups -OCH3 is 1. The number of non-ortho nitro benzene ring substituents is 1. The molecule has 2 rings (SSSR count). The van der Waals surface area contributed by atoms with Crippen molar-refractivity contribution in [1.29, 1.82) is 0 Å². The summed E-state index contributed by atoms with van der Waals surface area (Å²) in [5.41, 5.74) is 3.01. The lowest BCUT2D eigenvalue weighted by Crippen LogP contribution is -2.17. The average Bonchev–Trinajstić information content (AvgIpc) is 2.62. The van der Waals surface area contributed by atoms with Gasteiger partial charge in [-0.15, -0.1) is 0 Å². The van der Waals surface area contributed by atoms with Crippen LogP contribution in [0, 0.1) is 10.1 Å². The summed E-state index contributed by atoms with van der Waals surface area (Å²) in [4.78, 5) is 22.2. The molecule has 0 bridgehead atoms. The van der Waals surface area contributed by atoms with E-state index in [2.05, 4.69) is 10.5 Å². The molecular formula is C18H19N3O5. The molecule has 0 spiro atoms. The molecule has 136 valence electrons. The van der Waals surface area contributed by atoms with Gasteiger partial charge in [-0.2, -0.15) is 5.10 Å². The van der Waals surface area contributed by atoms with E-state index in [4.69, 9.17) is 9.47 Å². The fourth-order valence-corrected chi connectivity index (χ4v) is 2.11. The summed E-state index contributed by atoms with van der Waals surface area (Å²) in [7, 11) is 1.54. The van der Waals surface area contributed by atoms with Crippen LogP contribution in [0.25, 0.3) is 0 Å². The number of carbonyl (C=O) groups excluding carboxylic acids is 1. The Kier molecular flexibility index (Phi) is 6.26. The molecular weight excluding hydrogens is 338 g/mol. The fourth-order valence-electron chi connectivity index (χ4n) is 2.11. The van der Waals surface area contributed by atoms with Crippen molar-refractivity contribution in [3.05, 3.63) is 63.7 Å². The highest BCUT2D eigenvalue weighted by Gasteiger charge is 2.11. The maximum absolute atomic E-state index is 12.0. The summed E-state index contributed by atoms with van der Waals surface area (Å²) in [5.74, 6) is 0.615. The van der Waals surface area contributed by atoms with E-state index in [1.807, 2.05) is 13.8 Å². The molecule has 0 saturated heterocycles. The summed E-state index contributed by atoms with van der Waals surface area (Å²) in [6.07, 6.45) is 1.45. The van der Waals surface area contributed by atoms with Crippen LogP contribution in [0.1, 0.15) is 29.8 Å². The number of nitrogens with one attached hydrogen (secondary N) is 1. The number of nitrogens with zero attached hydrogens (tertiary/aromatic N) is 2. The van der Waals surface area contributed by atoms with Gasteiger partial charge in [0, 0.05) is 17.7 Å². The van der Waals surface area contributed by atoms with E-state index in [1.165, 1.54) is 37.6 Å². The van der Waals surface area contributed by atoms with Gasteiger partial charge >= 0.3 is 0 Å². The van der Waals surface area contributed by atoms with E-state index < -0.39 is 10.8 Å². The summed E-state index contributed by atoms with van der Waals surface area (Å²) >= 11 is 0. The first-order chi connectivity index (χ1) is 12.4. The molecule has 0 aliphatic carbocycles. The van der Waals surface area contributed by atoms with Gasteiger partial charge in [-0.3, -0.25) is 14.9 Å². The van der Waals surface area contributed by atoms with E-state index in [1.54, 1.807) is 18.2 Å². The van der Waals surface area contributed by atoms with Gasteiger partial charge in [-0.05, 0) is 43.7 Å². The van der Waals surface area contributed by atoms with Crippen LogP contribution in [-0.4, -0.2) is 30.3 Å². The summed E-state index contributed by atoms with van der Waals surface area (Å²) in [5, 5.41) is 14.6. The van der Waals surface area contributed by atoms with Crippen LogP contribution < -0.4 is 14.9 Å². The second-order valence-corrected chi connectivity index (χ2v) is 5.58. The van der Waals surface area contributed by atoms with Gasteiger partial charge < -0.3 is 9.47 Å². The Bertz CT molecular complexity index is 833. The molecule has 0 radical (unpaired) electrons. The number of hydrogen-bond donors (Lipinski definition) is 1. The van der Waals surface area contributed by atoms with E-state index >= 15 is 0 Å². The molecule has 0 atom stereocenters. The van der Waals surface area contributed by atoms with Gasteiger partial charge in [0.05, 0.1) is 24.4 Å². The quantitative estimate of drug-likeness (QED) is 0.466. The number of benzene rings is 2. The predicted molar refractivity (Wildman–Crippen MR) is 96.9 cm³/mol. The lowest BCUT2D eigenvalue weighted by atomic mass is 10.2. The number of amides is 1. The third-order valence-electron chi connectivity index (χ3n) is 3.25. The number of carbonyl (C=O) groups is 1. The highest BCUT2D eigenvalue weighted by molar-refractivity contribution is 5.95. The van der Waals surface area contributed by atoms with Crippen LogP contribution in [-0.2, 0) is 0 Å². The molecule has 0 fully saturated rings. The zero-order valence-electron chi connectivity index (χ0n) is 14.6. The van der Waals surface area contributed by atoms with Crippen LogP contribution >= 0.6 is 0 Å². The van der Waals surface area contributed by atoms with Crippen molar-refractivity contribution in [1.82, 2.24) is 5.43 Å². The Labute approximate surface area is 150 Å². The number of ether oxygens (including phenoxy) is 2. The van der Waals surface area contributed by atoms with Crippen molar-refractivity contribution in [2.75, 3.05) is 7.11 Å². The number of nitro benzene ring substituents is 1. The monoisotopic (exact) mass is 357 g/mol. The Hall–Kier alpha value is -3.42. The van der Waals surface area contributed by atoms with Crippen LogP contribution in [0.4, 0.5) is 5.69 Å². The van der Waals surface area contributed by atoms with Gasteiger partial charge in [-0.25, -0.2) is 5.43 Å². The predicted octanol–water partition coefficient (Wildman–Crippen LogP) is 3.15. The second-order valence-electron chi connectivity index (χ2n) is 5.58. The number of nitro groups is 1. The molecule has 0 unspecified atom stereocenters. The van der Waals surface area contributed by atoms with Crippen molar-refractivity contribution in [2.45, 2.75) is 20.0 Å². The lowest BCUT2D eigenvalue weighted by Gasteiger charge is -2.13. The minimum Gasteiger partial charge on any atom is -0.493 e. The molecule has 8 nitrogen and oxygen atoms in total. The first-order valence-electron chi connectivity index (χ1n) is 7.83. The second kappa shape index (κ2) is 8.61. The van der Waals surface area contributed by atoms with Crippen molar-refractivity contribution < 1.29 is 19.2 Å². The molecule has 2 aromatic rings. The molecule has 2 aromatic carbocycles. The van der Waals surface area contributed by atoms with E-state index in [9.17, 15) is 14.9 Å². The molecule has 0 aliphatic rings. The van der Waals surface area contributed by atoms with E-state index in [0.717, 1.165) is 0 Å². The lowest BCUT2D eigenvalue weighted by molar-refractivity contribution is -0.384. The van der Waals surface area contributed by atoms with E-state index in [0.29, 0.717) is 17.1 Å². The van der Waals surface area contributed by atoms with E-state index in [-0.39, 0.29) is 17.4 Å². The summed E-state index contributed by atoms with van der Waals surface area (Å²) < 4.78 is 10.9. The molecule has 0 aliphatic heterocycles. The normalized spacial score (nSPS) is 10.8. The van der Waals surface area contributed by atoms with Crippen molar-refractivity contribution >= 4 is 17.8 Å². The molecule has 1 amide bonds. The molecule has 0 saturated carbocycles. The maximum Gasteiger partial charge on any atom is 0.271 e. The maximum atomic E-state index is 12.0. The van der Waals surface area contributed by atoms with Crippen LogP contribution in [0.3, 0.4) is 0 Å². The van der Waals surface area contributed by atoms with Crippen molar-refractivity contribution in [3.63, 3.8) is 0 Å². The minimum absolute atomic E-state index is 0.0117. The van der Waals surface area contributed by atoms with Gasteiger partial charge in [0.1, 0.15) is 0 Å². The highest BCUT2D eigenvalue weighted by Crippen LogP contribution is 2.28. The third-order valence-corrected chi connectivity index (χ3v) is 3.25. The molecule has 8 heteroatoms. The molecule has 0 aromatic heterocycles. The topological polar surface area (TPSA) is 103 Å². The summed E-state index contributed by atoms with van der Waals surface area (Å²) in [6, 6.07) is 10.7. The summed E-state index contributed by atoms with van der Waals surface area (Å²) in [6.45, 7) is 3.83. The Morgan fingerprint density at radius 3 is 2.65 bits per heavy atom. The van der Waals surface area contributed by atoms with Crippen LogP contribution in [0.15, 0.2) is 47.6 Å². The smallest absolute Gasteiger partial charge is 0.271 e. The van der Waals surface area contributed by atoms with Gasteiger partial charge in [0.15, 0.2) is 11.5 Å². The van der Waals surface area contributed by atoms with Gasteiger partial charge in [0.2, 0.25) is 0 Å². The highest BCUT2D eigenvalue weighted by atomic mass is 16.6. The molecule has 1 N–H and O–H groups in total. The SMILES string of the molecule is COc1cc(/C=N/NC(=O)c2cccc([N+](=O)[O-])c2)ccc1OC(C)C. The van der Waals surface area contributed by atoms with Gasteiger partial charge in [-0.1, -0.05) is 6.07 Å². The van der Waals surface area contributed by atoms with Crippen molar-refractivity contribution in [3.8, 4) is 11.5 Å². The van der Waals surface area contributed by atoms with Gasteiger partial charge in [0.25, 0.3) is 11.6 Å². The van der Waals surface area contributed by atoms with Crippen LogP contribution in [0.2, 0.25) is 0 Å². The zero-order chi connectivity index (χ0) is 19.1. The first-order valence-corrected chi connectivity index (χ1v) is 7.83. The Morgan fingerprint density at radius 2 is 2.00 bits per heavy atom. The Morgan fingerprint density at radius 1 is 1.23 bits per heavy atom. The van der Waals surface area contributed by atoms with Crippen molar-refractivity contribution in [2.24, 2.45) is 5.10 Å². The number of hydrogen-bond acceptors (Lipinski definition) is 6.